The van der Waals surface area contributed by atoms with E-state index in [4.69, 9.17) is 0 Å². The van der Waals surface area contributed by atoms with Crippen molar-refractivity contribution in [3.63, 3.8) is 0 Å². The summed E-state index contributed by atoms with van der Waals surface area (Å²) >= 11 is 0. The molecule has 23 heavy (non-hydrogen) atoms. The fraction of sp³-hybridized carbons (Fsp3) is 0.611. The van der Waals surface area contributed by atoms with E-state index >= 15 is 0 Å². The summed E-state index contributed by atoms with van der Waals surface area (Å²) in [6, 6.07) is 6.05. The summed E-state index contributed by atoms with van der Waals surface area (Å²) in [6.07, 6.45) is 3.05. The van der Waals surface area contributed by atoms with Crippen LogP contribution in [-0.4, -0.2) is 42.1 Å². The van der Waals surface area contributed by atoms with E-state index in [9.17, 15) is 14.3 Å². The number of piperidine rings is 2. The van der Waals surface area contributed by atoms with Crippen molar-refractivity contribution < 1.29 is 14.3 Å². The first-order valence-corrected chi connectivity index (χ1v) is 8.58. The number of amides is 1. The molecule has 0 saturated carbocycles. The highest BCUT2D eigenvalue weighted by atomic mass is 19.1. The van der Waals surface area contributed by atoms with Crippen molar-refractivity contribution in [2.75, 3.05) is 26.2 Å². The molecule has 0 aromatic heterocycles. The lowest BCUT2D eigenvalue weighted by atomic mass is 9.86. The Morgan fingerprint density at radius 3 is 2.52 bits per heavy atom. The number of carbonyl (C=O) groups is 1. The molecule has 0 spiro atoms. The summed E-state index contributed by atoms with van der Waals surface area (Å²) in [5, 5.41) is 13.8. The van der Waals surface area contributed by atoms with Gasteiger partial charge in [0.25, 0.3) is 0 Å². The monoisotopic (exact) mass is 320 g/mol. The number of aliphatic hydroxyl groups excluding tert-OH is 1. The summed E-state index contributed by atoms with van der Waals surface area (Å²) in [5.41, 5.74) is 0.757. The van der Waals surface area contributed by atoms with Crippen molar-refractivity contribution in [3.05, 3.63) is 35.6 Å². The van der Waals surface area contributed by atoms with Gasteiger partial charge in [0.15, 0.2) is 0 Å². The predicted molar refractivity (Wildman–Crippen MR) is 86.3 cm³/mol. The molecule has 2 heterocycles. The highest BCUT2D eigenvalue weighted by molar-refractivity contribution is 5.79. The molecule has 0 radical (unpaired) electrons. The molecule has 1 aromatic carbocycles. The first-order chi connectivity index (χ1) is 11.1. The van der Waals surface area contributed by atoms with Gasteiger partial charge in [-0.2, -0.15) is 0 Å². The third-order valence-corrected chi connectivity index (χ3v) is 5.16. The van der Waals surface area contributed by atoms with Gasteiger partial charge in [-0.25, -0.2) is 4.39 Å². The largest absolute Gasteiger partial charge is 0.388 e. The van der Waals surface area contributed by atoms with E-state index in [-0.39, 0.29) is 23.6 Å². The summed E-state index contributed by atoms with van der Waals surface area (Å²) in [6.45, 7) is 3.21. The Hall–Kier alpha value is -1.46. The SMILES string of the molecule is O=C(C1CCCNC1)N1CCC(C(O)c2ccc(F)cc2)CC1. The molecule has 126 valence electrons. The number of rotatable bonds is 3. The van der Waals surface area contributed by atoms with Crippen LogP contribution in [0, 0.1) is 17.7 Å². The molecule has 0 aliphatic carbocycles. The first-order valence-electron chi connectivity index (χ1n) is 8.58. The van der Waals surface area contributed by atoms with Crippen molar-refractivity contribution in [3.8, 4) is 0 Å². The average Bonchev–Trinajstić information content (AvgIpc) is 2.62. The maximum atomic E-state index is 13.0. The quantitative estimate of drug-likeness (QED) is 0.897. The molecule has 2 atom stereocenters. The number of nitrogens with zero attached hydrogens (tertiary/aromatic N) is 1. The van der Waals surface area contributed by atoms with Crippen molar-refractivity contribution >= 4 is 5.91 Å². The molecule has 2 unspecified atom stereocenters. The minimum absolute atomic E-state index is 0.113. The van der Waals surface area contributed by atoms with E-state index in [1.807, 2.05) is 4.90 Å². The maximum Gasteiger partial charge on any atom is 0.226 e. The molecule has 2 N–H and O–H groups in total. The van der Waals surface area contributed by atoms with Gasteiger partial charge in [-0.05, 0) is 55.8 Å². The molecule has 1 amide bonds. The van der Waals surface area contributed by atoms with E-state index in [2.05, 4.69) is 5.32 Å². The molecule has 2 aliphatic rings. The molecule has 2 fully saturated rings. The fourth-order valence-corrected chi connectivity index (χ4v) is 3.69. The number of nitrogens with one attached hydrogen (secondary N) is 1. The van der Waals surface area contributed by atoms with Gasteiger partial charge in [-0.1, -0.05) is 12.1 Å². The normalized spacial score (nSPS) is 24.4. The molecular formula is C18H25FN2O2. The van der Waals surface area contributed by atoms with Gasteiger partial charge in [0.05, 0.1) is 12.0 Å². The standard InChI is InChI=1S/C18H25FN2O2/c19-16-5-3-13(4-6-16)17(22)14-7-10-21(11-8-14)18(23)15-2-1-9-20-12-15/h3-6,14-15,17,20,22H,1-2,7-12H2. The van der Waals surface area contributed by atoms with Crippen LogP contribution in [0.2, 0.25) is 0 Å². The Labute approximate surface area is 136 Å². The van der Waals surface area contributed by atoms with E-state index in [0.717, 1.165) is 44.3 Å². The highest BCUT2D eigenvalue weighted by Gasteiger charge is 2.31. The van der Waals surface area contributed by atoms with E-state index < -0.39 is 6.10 Å². The Morgan fingerprint density at radius 2 is 1.91 bits per heavy atom. The minimum atomic E-state index is -0.579. The summed E-state index contributed by atoms with van der Waals surface area (Å²) in [5.74, 6) is 0.214. The second-order valence-electron chi connectivity index (χ2n) is 6.70. The lowest BCUT2D eigenvalue weighted by molar-refractivity contribution is -0.138. The summed E-state index contributed by atoms with van der Waals surface area (Å²) in [4.78, 5) is 14.5. The number of benzene rings is 1. The van der Waals surface area contributed by atoms with Crippen molar-refractivity contribution in [1.29, 1.82) is 0 Å². The van der Waals surface area contributed by atoms with Crippen LogP contribution in [0.1, 0.15) is 37.4 Å². The molecule has 0 bridgehead atoms. The fourth-order valence-electron chi connectivity index (χ4n) is 3.69. The van der Waals surface area contributed by atoms with Crippen LogP contribution in [0.25, 0.3) is 0 Å². The third-order valence-electron chi connectivity index (χ3n) is 5.16. The van der Waals surface area contributed by atoms with Crippen LogP contribution in [-0.2, 0) is 4.79 Å². The van der Waals surface area contributed by atoms with E-state index in [1.165, 1.54) is 12.1 Å². The smallest absolute Gasteiger partial charge is 0.226 e. The van der Waals surface area contributed by atoms with Crippen LogP contribution in [0.3, 0.4) is 0 Å². The molecular weight excluding hydrogens is 295 g/mol. The zero-order chi connectivity index (χ0) is 16.2. The maximum absolute atomic E-state index is 13.0. The zero-order valence-electron chi connectivity index (χ0n) is 13.4. The summed E-state index contributed by atoms with van der Waals surface area (Å²) < 4.78 is 13.0. The van der Waals surface area contributed by atoms with Gasteiger partial charge in [0, 0.05) is 19.6 Å². The third kappa shape index (κ3) is 3.90. The molecule has 2 saturated heterocycles. The number of aliphatic hydroxyl groups is 1. The number of halogens is 1. The highest BCUT2D eigenvalue weighted by Crippen LogP contribution is 2.31. The van der Waals surface area contributed by atoms with Gasteiger partial charge in [-0.15, -0.1) is 0 Å². The van der Waals surface area contributed by atoms with Gasteiger partial charge in [0.1, 0.15) is 5.82 Å². The molecule has 1 aromatic rings. The van der Waals surface area contributed by atoms with Crippen LogP contribution < -0.4 is 5.32 Å². The molecule has 5 heteroatoms. The van der Waals surface area contributed by atoms with Crippen LogP contribution >= 0.6 is 0 Å². The first kappa shape index (κ1) is 16.4. The van der Waals surface area contributed by atoms with Crippen molar-refractivity contribution in [2.24, 2.45) is 11.8 Å². The topological polar surface area (TPSA) is 52.6 Å². The van der Waals surface area contributed by atoms with Crippen LogP contribution in [0.4, 0.5) is 4.39 Å². The lowest BCUT2D eigenvalue weighted by Crippen LogP contribution is -2.46. The predicted octanol–water partition coefficient (Wildman–Crippen LogP) is 2.10. The molecule has 2 aliphatic heterocycles. The number of likely N-dealkylation sites (tertiary alicyclic amines) is 1. The van der Waals surface area contributed by atoms with E-state index in [0.29, 0.717) is 13.1 Å². The number of hydrogen-bond acceptors (Lipinski definition) is 3. The number of carbonyl (C=O) groups excluding carboxylic acids is 1. The summed E-state index contributed by atoms with van der Waals surface area (Å²) in [7, 11) is 0. The van der Waals surface area contributed by atoms with Crippen LogP contribution in [0.5, 0.6) is 0 Å². The van der Waals surface area contributed by atoms with Crippen molar-refractivity contribution in [2.45, 2.75) is 31.8 Å². The molecule has 4 nitrogen and oxygen atoms in total. The molecule has 3 rings (SSSR count). The second kappa shape index (κ2) is 7.41. The Kier molecular flexibility index (Phi) is 5.28. The van der Waals surface area contributed by atoms with Gasteiger partial charge >= 0.3 is 0 Å². The Morgan fingerprint density at radius 1 is 1.22 bits per heavy atom. The Bertz CT molecular complexity index is 520. The Balaban J connectivity index is 1.53. The van der Waals surface area contributed by atoms with Crippen LogP contribution in [0.15, 0.2) is 24.3 Å². The number of hydrogen-bond donors (Lipinski definition) is 2. The van der Waals surface area contributed by atoms with Gasteiger partial charge in [-0.3, -0.25) is 4.79 Å². The lowest BCUT2D eigenvalue weighted by Gasteiger charge is -2.37. The van der Waals surface area contributed by atoms with E-state index in [1.54, 1.807) is 12.1 Å². The van der Waals surface area contributed by atoms with Crippen molar-refractivity contribution in [1.82, 2.24) is 10.2 Å². The minimum Gasteiger partial charge on any atom is -0.388 e. The second-order valence-corrected chi connectivity index (χ2v) is 6.70. The zero-order valence-corrected chi connectivity index (χ0v) is 13.4. The van der Waals surface area contributed by atoms with Gasteiger partial charge in [0.2, 0.25) is 5.91 Å². The average molecular weight is 320 g/mol. The van der Waals surface area contributed by atoms with Gasteiger partial charge < -0.3 is 15.3 Å².